The summed E-state index contributed by atoms with van der Waals surface area (Å²) < 4.78 is 6.47. The van der Waals surface area contributed by atoms with Gasteiger partial charge < -0.3 is 4.74 Å². The number of halogens is 2. The summed E-state index contributed by atoms with van der Waals surface area (Å²) in [4.78, 5) is 0. The van der Waals surface area contributed by atoms with Gasteiger partial charge in [0, 0.05) is 9.50 Å². The molecule has 0 N–H and O–H groups in total. The highest BCUT2D eigenvalue weighted by molar-refractivity contribution is 9.10. The lowest BCUT2D eigenvalue weighted by Crippen LogP contribution is -1.91. The summed E-state index contributed by atoms with van der Waals surface area (Å²) in [5, 5.41) is 9.72. The zero-order valence-corrected chi connectivity index (χ0v) is 11.9. The molecule has 2 nitrogen and oxygen atoms in total. The van der Waals surface area contributed by atoms with Crippen molar-refractivity contribution in [2.45, 2.75) is 6.92 Å². The lowest BCUT2D eigenvalue weighted by Gasteiger charge is -2.10. The van der Waals surface area contributed by atoms with Crippen LogP contribution in [0.5, 0.6) is 11.5 Å². The van der Waals surface area contributed by atoms with E-state index in [1.165, 1.54) is 0 Å². The summed E-state index contributed by atoms with van der Waals surface area (Å²) >= 11 is 9.26. The first-order valence-electron chi connectivity index (χ1n) is 5.24. The Morgan fingerprint density at radius 2 is 2.00 bits per heavy atom. The highest BCUT2D eigenvalue weighted by atomic mass is 79.9. The molecule has 0 aliphatic heterocycles. The molecule has 18 heavy (non-hydrogen) atoms. The zero-order chi connectivity index (χ0) is 13.1. The van der Waals surface area contributed by atoms with E-state index in [-0.39, 0.29) is 0 Å². The van der Waals surface area contributed by atoms with Gasteiger partial charge in [-0.15, -0.1) is 0 Å². The van der Waals surface area contributed by atoms with Crippen molar-refractivity contribution in [2.24, 2.45) is 0 Å². The Morgan fingerprint density at radius 1 is 1.22 bits per heavy atom. The Morgan fingerprint density at radius 3 is 2.72 bits per heavy atom. The van der Waals surface area contributed by atoms with E-state index in [2.05, 4.69) is 22.0 Å². The minimum Gasteiger partial charge on any atom is -0.456 e. The lowest BCUT2D eigenvalue weighted by molar-refractivity contribution is 0.477. The Labute approximate surface area is 119 Å². The normalized spacial score (nSPS) is 9.89. The van der Waals surface area contributed by atoms with Crippen LogP contribution in [0.25, 0.3) is 0 Å². The lowest BCUT2D eigenvalue weighted by atomic mass is 10.2. The van der Waals surface area contributed by atoms with Gasteiger partial charge >= 0.3 is 0 Å². The minimum absolute atomic E-state index is 0.469. The van der Waals surface area contributed by atoms with Gasteiger partial charge in [-0.2, -0.15) is 5.26 Å². The summed E-state index contributed by atoms with van der Waals surface area (Å²) in [5.74, 6) is 1.16. The number of nitriles is 1. The smallest absolute Gasteiger partial charge is 0.146 e. The molecule has 0 unspecified atom stereocenters. The van der Waals surface area contributed by atoms with Crippen molar-refractivity contribution >= 4 is 27.5 Å². The number of nitrogens with zero attached hydrogens (tertiary/aromatic N) is 1. The molecular weight excluding hydrogens is 314 g/mol. The fourth-order valence-corrected chi connectivity index (χ4v) is 2.10. The average Bonchev–Trinajstić information content (AvgIpc) is 2.34. The predicted octanol–water partition coefficient (Wildman–Crippen LogP) is 5.07. The molecule has 4 heteroatoms. The molecule has 0 aliphatic carbocycles. The summed E-state index contributed by atoms with van der Waals surface area (Å²) in [6.07, 6.45) is 0. The van der Waals surface area contributed by atoms with E-state index in [1.807, 2.05) is 19.1 Å². The maximum absolute atomic E-state index is 9.12. The minimum atomic E-state index is 0.469. The first kappa shape index (κ1) is 12.9. The molecule has 2 rings (SSSR count). The monoisotopic (exact) mass is 321 g/mol. The van der Waals surface area contributed by atoms with Crippen LogP contribution >= 0.6 is 27.5 Å². The van der Waals surface area contributed by atoms with Gasteiger partial charge in [0.1, 0.15) is 23.1 Å². The quantitative estimate of drug-likeness (QED) is 0.773. The van der Waals surface area contributed by atoms with Gasteiger partial charge in [0.25, 0.3) is 0 Å². The van der Waals surface area contributed by atoms with Crippen LogP contribution in [0.15, 0.2) is 40.9 Å². The maximum Gasteiger partial charge on any atom is 0.146 e. The molecule has 0 aliphatic rings. The number of aryl methyl sites for hydroxylation is 1. The fourth-order valence-electron chi connectivity index (χ4n) is 1.50. The second kappa shape index (κ2) is 5.43. The fraction of sp³-hybridized carbons (Fsp3) is 0.0714. The molecule has 0 aromatic heterocycles. The number of benzene rings is 2. The van der Waals surface area contributed by atoms with Crippen LogP contribution in [-0.2, 0) is 0 Å². The van der Waals surface area contributed by atoms with Crippen LogP contribution in [0.1, 0.15) is 11.1 Å². The van der Waals surface area contributed by atoms with Gasteiger partial charge in [0.05, 0.1) is 0 Å². The van der Waals surface area contributed by atoms with Crippen LogP contribution in [0.2, 0.25) is 5.02 Å². The molecular formula is C14H9BrClNO. The van der Waals surface area contributed by atoms with E-state index in [4.69, 9.17) is 21.6 Å². The van der Waals surface area contributed by atoms with E-state index in [9.17, 15) is 0 Å². The SMILES string of the molecule is Cc1ccc(Cl)cc1Oc1cccc(Br)c1C#N. The molecule has 0 amide bonds. The Kier molecular flexibility index (Phi) is 3.90. The molecule has 90 valence electrons. The number of rotatable bonds is 2. The van der Waals surface area contributed by atoms with E-state index in [1.54, 1.807) is 24.3 Å². The zero-order valence-electron chi connectivity index (χ0n) is 9.58. The van der Waals surface area contributed by atoms with Gasteiger partial charge in [0.2, 0.25) is 0 Å². The molecule has 0 radical (unpaired) electrons. The second-order valence-corrected chi connectivity index (χ2v) is 5.03. The van der Waals surface area contributed by atoms with E-state index >= 15 is 0 Å². The Hall–Kier alpha value is -1.50. The highest BCUT2D eigenvalue weighted by Gasteiger charge is 2.09. The van der Waals surface area contributed by atoms with Gasteiger partial charge in [-0.05, 0) is 52.7 Å². The summed E-state index contributed by atoms with van der Waals surface area (Å²) in [7, 11) is 0. The van der Waals surface area contributed by atoms with Gasteiger partial charge in [-0.3, -0.25) is 0 Å². The third-order valence-electron chi connectivity index (χ3n) is 2.46. The number of hydrogen-bond donors (Lipinski definition) is 0. The number of hydrogen-bond acceptors (Lipinski definition) is 2. The summed E-state index contributed by atoms with van der Waals surface area (Å²) in [6.45, 7) is 1.93. The summed E-state index contributed by atoms with van der Waals surface area (Å²) in [5.41, 5.74) is 1.43. The van der Waals surface area contributed by atoms with E-state index in [0.717, 1.165) is 5.56 Å². The standard InChI is InChI=1S/C14H9BrClNO/c1-9-5-6-10(16)7-14(9)18-13-4-2-3-12(15)11(13)8-17/h2-7H,1H3. The average molecular weight is 323 g/mol. The first-order valence-corrected chi connectivity index (χ1v) is 6.41. The van der Waals surface area contributed by atoms with Crippen LogP contribution in [-0.4, -0.2) is 0 Å². The third-order valence-corrected chi connectivity index (χ3v) is 3.35. The Bertz CT molecular complexity index is 634. The van der Waals surface area contributed by atoms with Crippen molar-refractivity contribution in [3.8, 4) is 17.6 Å². The first-order chi connectivity index (χ1) is 8.61. The molecule has 0 atom stereocenters. The van der Waals surface area contributed by atoms with Crippen LogP contribution < -0.4 is 4.74 Å². The van der Waals surface area contributed by atoms with Crippen LogP contribution in [0, 0.1) is 18.3 Å². The Balaban J connectivity index is 2.44. The van der Waals surface area contributed by atoms with Gasteiger partial charge in [-0.25, -0.2) is 0 Å². The van der Waals surface area contributed by atoms with Crippen LogP contribution in [0.3, 0.4) is 0 Å². The van der Waals surface area contributed by atoms with E-state index in [0.29, 0.717) is 26.6 Å². The van der Waals surface area contributed by atoms with Crippen LogP contribution in [0.4, 0.5) is 0 Å². The third kappa shape index (κ3) is 2.66. The highest BCUT2D eigenvalue weighted by Crippen LogP contribution is 2.32. The summed E-state index contributed by atoms with van der Waals surface area (Å²) in [6, 6.07) is 12.9. The predicted molar refractivity (Wildman–Crippen MR) is 75.1 cm³/mol. The maximum atomic E-state index is 9.12. The topological polar surface area (TPSA) is 33.0 Å². The second-order valence-electron chi connectivity index (χ2n) is 3.74. The van der Waals surface area contributed by atoms with Gasteiger partial charge in [-0.1, -0.05) is 23.7 Å². The molecule has 2 aromatic carbocycles. The van der Waals surface area contributed by atoms with Gasteiger partial charge in [0.15, 0.2) is 0 Å². The largest absolute Gasteiger partial charge is 0.456 e. The van der Waals surface area contributed by atoms with E-state index < -0.39 is 0 Å². The van der Waals surface area contributed by atoms with Crippen molar-refractivity contribution in [2.75, 3.05) is 0 Å². The van der Waals surface area contributed by atoms with Crippen molar-refractivity contribution in [3.05, 3.63) is 57.0 Å². The molecule has 0 fully saturated rings. The molecule has 0 heterocycles. The molecule has 0 saturated heterocycles. The number of ether oxygens (including phenoxy) is 1. The van der Waals surface area contributed by atoms with Crippen molar-refractivity contribution in [1.82, 2.24) is 0 Å². The van der Waals surface area contributed by atoms with Crippen molar-refractivity contribution in [3.63, 3.8) is 0 Å². The molecule has 0 spiro atoms. The molecule has 2 aromatic rings. The van der Waals surface area contributed by atoms with Crippen molar-refractivity contribution < 1.29 is 4.74 Å². The molecule has 0 saturated carbocycles. The van der Waals surface area contributed by atoms with Crippen molar-refractivity contribution in [1.29, 1.82) is 5.26 Å². The molecule has 0 bridgehead atoms.